The quantitative estimate of drug-likeness (QED) is 0.523. The third-order valence-electron chi connectivity index (χ3n) is 6.55. The van der Waals surface area contributed by atoms with Crippen LogP contribution in [-0.2, 0) is 0 Å². The van der Waals surface area contributed by atoms with Crippen molar-refractivity contribution in [2.24, 2.45) is 23.7 Å². The van der Waals surface area contributed by atoms with Crippen LogP contribution in [0, 0.1) is 35.3 Å². The summed E-state index contributed by atoms with van der Waals surface area (Å²) in [4.78, 5) is 0. The molecular formula is C23H32F2O2. The normalized spacial score (nSPS) is 29.0. The van der Waals surface area contributed by atoms with Crippen molar-refractivity contribution >= 4 is 0 Å². The lowest BCUT2D eigenvalue weighted by Crippen LogP contribution is -2.27. The predicted octanol–water partition coefficient (Wildman–Crippen LogP) is 6.54. The van der Waals surface area contributed by atoms with Gasteiger partial charge in [0.05, 0.1) is 13.7 Å². The minimum Gasteiger partial charge on any atom is -0.494 e. The fourth-order valence-electron chi connectivity index (χ4n) is 4.90. The van der Waals surface area contributed by atoms with E-state index in [1.54, 1.807) is 0 Å². The molecule has 0 radical (unpaired) electrons. The number of hydrogen-bond acceptors (Lipinski definition) is 2. The Morgan fingerprint density at radius 3 is 2.04 bits per heavy atom. The lowest BCUT2D eigenvalue weighted by atomic mass is 9.69. The van der Waals surface area contributed by atoms with Gasteiger partial charge in [0.1, 0.15) is 0 Å². The van der Waals surface area contributed by atoms with Gasteiger partial charge in [0.15, 0.2) is 11.5 Å². The maximum atomic E-state index is 14.0. The fraction of sp³-hybridized carbons (Fsp3) is 0.652. The van der Waals surface area contributed by atoms with Crippen LogP contribution in [0.15, 0.2) is 24.3 Å². The van der Waals surface area contributed by atoms with Crippen molar-refractivity contribution in [1.82, 2.24) is 0 Å². The van der Waals surface area contributed by atoms with E-state index >= 15 is 0 Å². The molecule has 0 atom stereocenters. The molecule has 0 unspecified atom stereocenters. The second-order valence-corrected chi connectivity index (χ2v) is 8.19. The summed E-state index contributed by atoms with van der Waals surface area (Å²) >= 11 is 0. The van der Waals surface area contributed by atoms with E-state index in [1.165, 1.54) is 57.8 Å². The average Bonchev–Trinajstić information content (AvgIpc) is 2.70. The molecule has 0 aromatic heterocycles. The Kier molecular flexibility index (Phi) is 7.14. The summed E-state index contributed by atoms with van der Waals surface area (Å²) in [7, 11) is 1.32. The zero-order valence-electron chi connectivity index (χ0n) is 16.6. The Morgan fingerprint density at radius 1 is 0.889 bits per heavy atom. The molecule has 0 amide bonds. The largest absolute Gasteiger partial charge is 0.494 e. The minimum atomic E-state index is -0.979. The molecule has 2 aliphatic rings. The summed E-state index contributed by atoms with van der Waals surface area (Å²) in [5, 5.41) is 0. The molecule has 27 heavy (non-hydrogen) atoms. The number of benzene rings is 1. The van der Waals surface area contributed by atoms with Crippen LogP contribution < -0.4 is 9.47 Å². The SMILES string of the molecule is C/C=C/C1CCC(C2CCC(COc3ccc(OC)c(F)c3F)CC2)CC1. The molecule has 2 aliphatic carbocycles. The lowest BCUT2D eigenvalue weighted by molar-refractivity contribution is 0.127. The van der Waals surface area contributed by atoms with Gasteiger partial charge in [0.25, 0.3) is 0 Å². The van der Waals surface area contributed by atoms with Crippen LogP contribution in [0.5, 0.6) is 11.5 Å². The van der Waals surface area contributed by atoms with Gasteiger partial charge in [-0.05, 0) is 94.1 Å². The molecule has 0 aliphatic heterocycles. The number of hydrogen-bond donors (Lipinski definition) is 0. The Balaban J connectivity index is 1.43. The number of ether oxygens (including phenoxy) is 2. The summed E-state index contributed by atoms with van der Waals surface area (Å²) in [5.74, 6) is 0.890. The molecular weight excluding hydrogens is 346 g/mol. The van der Waals surface area contributed by atoms with Crippen LogP contribution >= 0.6 is 0 Å². The van der Waals surface area contributed by atoms with E-state index in [9.17, 15) is 8.78 Å². The number of allylic oxidation sites excluding steroid dienone is 2. The summed E-state index contributed by atoms with van der Waals surface area (Å²) in [6.45, 7) is 2.57. The molecule has 0 heterocycles. The van der Waals surface area contributed by atoms with Gasteiger partial charge in [0, 0.05) is 0 Å². The van der Waals surface area contributed by atoms with E-state index in [0.29, 0.717) is 12.5 Å². The Hall–Kier alpha value is -1.58. The topological polar surface area (TPSA) is 18.5 Å². The Morgan fingerprint density at radius 2 is 1.44 bits per heavy atom. The zero-order chi connectivity index (χ0) is 19.2. The van der Waals surface area contributed by atoms with Crippen molar-refractivity contribution in [1.29, 1.82) is 0 Å². The lowest BCUT2D eigenvalue weighted by Gasteiger charge is -2.37. The second-order valence-electron chi connectivity index (χ2n) is 8.19. The van der Waals surface area contributed by atoms with Crippen molar-refractivity contribution in [2.45, 2.75) is 58.3 Å². The minimum absolute atomic E-state index is 0.0160. The highest BCUT2D eigenvalue weighted by atomic mass is 19.2. The van der Waals surface area contributed by atoms with E-state index in [0.717, 1.165) is 30.6 Å². The standard InChI is InChI=1S/C23H32F2O2/c1-3-4-16-5-9-18(10-6-16)19-11-7-17(8-12-19)15-27-21-14-13-20(26-2)22(24)23(21)25/h3-4,13-14,16-19H,5-12,15H2,1-2H3/b4-3+. The molecule has 2 fully saturated rings. The summed E-state index contributed by atoms with van der Waals surface area (Å²) in [5.41, 5.74) is 0. The van der Waals surface area contributed by atoms with Gasteiger partial charge >= 0.3 is 0 Å². The van der Waals surface area contributed by atoms with Crippen molar-refractivity contribution in [3.63, 3.8) is 0 Å². The first-order valence-electron chi connectivity index (χ1n) is 10.4. The van der Waals surface area contributed by atoms with Crippen LogP contribution in [0.2, 0.25) is 0 Å². The number of rotatable bonds is 6. The summed E-state index contributed by atoms with van der Waals surface area (Å²) in [6.07, 6.45) is 14.7. The first-order chi connectivity index (χ1) is 13.1. The molecule has 0 N–H and O–H groups in total. The van der Waals surface area contributed by atoms with E-state index in [2.05, 4.69) is 19.1 Å². The van der Waals surface area contributed by atoms with Crippen LogP contribution in [-0.4, -0.2) is 13.7 Å². The molecule has 3 rings (SSSR count). The zero-order valence-corrected chi connectivity index (χ0v) is 16.6. The summed E-state index contributed by atoms with van der Waals surface area (Å²) < 4.78 is 38.2. The highest BCUT2D eigenvalue weighted by molar-refractivity contribution is 5.34. The number of halogens is 2. The van der Waals surface area contributed by atoms with Gasteiger partial charge in [0.2, 0.25) is 11.6 Å². The molecule has 150 valence electrons. The van der Waals surface area contributed by atoms with Gasteiger partial charge < -0.3 is 9.47 Å². The highest BCUT2D eigenvalue weighted by Crippen LogP contribution is 2.41. The van der Waals surface area contributed by atoms with E-state index in [-0.39, 0.29) is 11.5 Å². The van der Waals surface area contributed by atoms with Crippen molar-refractivity contribution in [3.8, 4) is 11.5 Å². The first-order valence-corrected chi connectivity index (χ1v) is 10.4. The Labute approximate surface area is 161 Å². The smallest absolute Gasteiger partial charge is 0.204 e. The van der Waals surface area contributed by atoms with Gasteiger partial charge in [-0.3, -0.25) is 0 Å². The van der Waals surface area contributed by atoms with Gasteiger partial charge in [-0.2, -0.15) is 8.78 Å². The molecule has 1 aromatic rings. The average molecular weight is 379 g/mol. The van der Waals surface area contributed by atoms with Crippen molar-refractivity contribution in [3.05, 3.63) is 35.9 Å². The van der Waals surface area contributed by atoms with Crippen LogP contribution in [0.1, 0.15) is 58.3 Å². The maximum absolute atomic E-state index is 14.0. The molecule has 2 saturated carbocycles. The third-order valence-corrected chi connectivity index (χ3v) is 6.55. The Bertz CT molecular complexity index is 628. The second kappa shape index (κ2) is 9.57. The van der Waals surface area contributed by atoms with Gasteiger partial charge in [-0.25, -0.2) is 0 Å². The van der Waals surface area contributed by atoms with E-state index in [1.807, 2.05) is 0 Å². The summed E-state index contributed by atoms with van der Waals surface area (Å²) in [6, 6.07) is 2.86. The van der Waals surface area contributed by atoms with Crippen LogP contribution in [0.3, 0.4) is 0 Å². The van der Waals surface area contributed by atoms with Gasteiger partial charge in [-0.15, -0.1) is 0 Å². The van der Waals surface area contributed by atoms with E-state index < -0.39 is 11.6 Å². The monoisotopic (exact) mass is 378 g/mol. The van der Waals surface area contributed by atoms with Crippen molar-refractivity contribution in [2.75, 3.05) is 13.7 Å². The highest BCUT2D eigenvalue weighted by Gasteiger charge is 2.30. The predicted molar refractivity (Wildman–Crippen MR) is 104 cm³/mol. The van der Waals surface area contributed by atoms with Crippen molar-refractivity contribution < 1.29 is 18.3 Å². The molecule has 2 nitrogen and oxygen atoms in total. The fourth-order valence-corrected chi connectivity index (χ4v) is 4.90. The number of methoxy groups -OCH3 is 1. The molecule has 0 saturated heterocycles. The van der Waals surface area contributed by atoms with Gasteiger partial charge in [-0.1, -0.05) is 12.2 Å². The van der Waals surface area contributed by atoms with Crippen LogP contribution in [0.25, 0.3) is 0 Å². The molecule has 1 aromatic carbocycles. The maximum Gasteiger partial charge on any atom is 0.204 e. The molecule has 0 bridgehead atoms. The van der Waals surface area contributed by atoms with E-state index in [4.69, 9.17) is 9.47 Å². The molecule has 0 spiro atoms. The van der Waals surface area contributed by atoms with Crippen LogP contribution in [0.4, 0.5) is 8.78 Å². The third kappa shape index (κ3) is 5.03. The molecule has 4 heteroatoms. The first kappa shape index (κ1) is 20.2.